The second-order valence-corrected chi connectivity index (χ2v) is 7.95. The van der Waals surface area contributed by atoms with E-state index < -0.39 is 29.7 Å². The number of carbonyl (C=O) groups excluding carboxylic acids is 4. The highest BCUT2D eigenvalue weighted by atomic mass is 16.2. The molecule has 4 amide bonds. The van der Waals surface area contributed by atoms with Crippen LogP contribution in [0.1, 0.15) is 45.5 Å². The number of carbonyl (C=O) groups is 4. The van der Waals surface area contributed by atoms with Gasteiger partial charge in [0.2, 0.25) is 11.8 Å². The normalized spacial score (nSPS) is 17.9. The summed E-state index contributed by atoms with van der Waals surface area (Å²) in [5.41, 5.74) is 2.95. The highest BCUT2D eigenvalue weighted by molar-refractivity contribution is 6.23. The zero-order valence-electron chi connectivity index (χ0n) is 17.6. The van der Waals surface area contributed by atoms with Crippen molar-refractivity contribution in [3.63, 3.8) is 0 Å². The van der Waals surface area contributed by atoms with Crippen LogP contribution in [0.5, 0.6) is 0 Å². The Labute approximate surface area is 188 Å². The minimum absolute atomic E-state index is 0.0964. The Morgan fingerprint density at radius 3 is 2.73 bits per heavy atom. The van der Waals surface area contributed by atoms with E-state index in [1.54, 1.807) is 18.3 Å². The number of pyridine rings is 1. The van der Waals surface area contributed by atoms with Gasteiger partial charge in [-0.3, -0.25) is 34.4 Å². The number of aryl methyl sites for hydroxylation is 1. The van der Waals surface area contributed by atoms with Crippen LogP contribution in [0.4, 0.5) is 5.82 Å². The quantitative estimate of drug-likeness (QED) is 0.431. The first kappa shape index (κ1) is 20.7. The van der Waals surface area contributed by atoms with Crippen molar-refractivity contribution in [2.75, 3.05) is 11.9 Å². The Morgan fingerprint density at radius 2 is 1.88 bits per heavy atom. The monoisotopic (exact) mass is 444 g/mol. The number of amides is 4. The van der Waals surface area contributed by atoms with Gasteiger partial charge in [-0.25, -0.2) is 9.97 Å². The van der Waals surface area contributed by atoms with Crippen molar-refractivity contribution in [3.05, 3.63) is 59.5 Å². The number of fused-ring (bicyclic) bond motifs is 2. The van der Waals surface area contributed by atoms with E-state index in [-0.39, 0.29) is 18.4 Å². The molecule has 2 aliphatic rings. The molecule has 3 aromatic rings. The molecular weight excluding hydrogens is 424 g/mol. The lowest BCUT2D eigenvalue weighted by Gasteiger charge is -2.27. The second kappa shape index (κ2) is 8.38. The van der Waals surface area contributed by atoms with Crippen LogP contribution in [-0.2, 0) is 16.0 Å². The maximum Gasteiger partial charge on any atom is 0.262 e. The number of hydrogen-bond donors (Lipinski definition) is 2. The van der Waals surface area contributed by atoms with E-state index in [0.717, 1.165) is 22.4 Å². The third-order valence-corrected chi connectivity index (χ3v) is 5.83. The second-order valence-electron chi connectivity index (χ2n) is 7.95. The minimum Gasteiger partial charge on any atom is -0.368 e. The molecule has 0 saturated carbocycles. The van der Waals surface area contributed by atoms with Gasteiger partial charge in [0.25, 0.3) is 11.8 Å². The first-order chi connectivity index (χ1) is 16.0. The van der Waals surface area contributed by atoms with Gasteiger partial charge in [-0.1, -0.05) is 6.07 Å². The van der Waals surface area contributed by atoms with Gasteiger partial charge in [0, 0.05) is 19.2 Å². The van der Waals surface area contributed by atoms with Gasteiger partial charge >= 0.3 is 0 Å². The Hall–Kier alpha value is -4.21. The first-order valence-corrected chi connectivity index (χ1v) is 10.7. The van der Waals surface area contributed by atoms with Crippen LogP contribution in [0.2, 0.25) is 0 Å². The Kier molecular flexibility index (Phi) is 5.25. The van der Waals surface area contributed by atoms with Crippen molar-refractivity contribution < 1.29 is 19.2 Å². The molecule has 4 heterocycles. The molecule has 1 aromatic carbocycles. The summed E-state index contributed by atoms with van der Waals surface area (Å²) >= 11 is 0. The summed E-state index contributed by atoms with van der Waals surface area (Å²) in [5, 5.41) is 5.47. The van der Waals surface area contributed by atoms with E-state index in [1.807, 2.05) is 18.2 Å². The average molecular weight is 444 g/mol. The van der Waals surface area contributed by atoms with Crippen LogP contribution in [0.25, 0.3) is 11.0 Å². The van der Waals surface area contributed by atoms with Crippen molar-refractivity contribution in [1.29, 1.82) is 0 Å². The average Bonchev–Trinajstić information content (AvgIpc) is 3.06. The predicted octanol–water partition coefficient (Wildman–Crippen LogP) is 1.47. The summed E-state index contributed by atoms with van der Waals surface area (Å²) in [6.45, 7) is 0.634. The molecule has 1 fully saturated rings. The lowest BCUT2D eigenvalue weighted by Crippen LogP contribution is -2.54. The van der Waals surface area contributed by atoms with Gasteiger partial charge < -0.3 is 5.32 Å². The van der Waals surface area contributed by atoms with E-state index >= 15 is 0 Å². The van der Waals surface area contributed by atoms with Crippen molar-refractivity contribution in [1.82, 2.24) is 25.2 Å². The van der Waals surface area contributed by atoms with E-state index in [1.165, 1.54) is 6.33 Å². The predicted molar refractivity (Wildman–Crippen MR) is 117 cm³/mol. The molecular formula is C23H20N6O4. The maximum atomic E-state index is 12.9. The van der Waals surface area contributed by atoms with Crippen LogP contribution in [-0.4, -0.2) is 56.1 Å². The molecule has 10 nitrogen and oxygen atoms in total. The van der Waals surface area contributed by atoms with Gasteiger partial charge in [0.05, 0.1) is 16.6 Å². The molecule has 1 atom stereocenters. The number of anilines is 1. The number of nitrogens with zero attached hydrogens (tertiary/aromatic N) is 4. The summed E-state index contributed by atoms with van der Waals surface area (Å²) in [6, 6.07) is 7.89. The number of hydrogen-bond acceptors (Lipinski definition) is 8. The smallest absolute Gasteiger partial charge is 0.262 e. The number of benzene rings is 1. The molecule has 10 heteroatoms. The fourth-order valence-electron chi connectivity index (χ4n) is 4.20. The van der Waals surface area contributed by atoms with Gasteiger partial charge in [-0.15, -0.1) is 0 Å². The van der Waals surface area contributed by atoms with Crippen LogP contribution < -0.4 is 10.6 Å². The van der Waals surface area contributed by atoms with Crippen LogP contribution >= 0.6 is 0 Å². The number of nitrogens with one attached hydrogen (secondary N) is 2. The molecule has 2 aromatic heterocycles. The molecule has 5 rings (SSSR count). The molecule has 0 radical (unpaired) electrons. The summed E-state index contributed by atoms with van der Waals surface area (Å²) in [4.78, 5) is 63.0. The SMILES string of the molecule is O=C1CCC(N2C(=O)c3ccc(CCCNc4ncnc5cccnc45)cc3C2=O)C(=O)N1. The summed E-state index contributed by atoms with van der Waals surface area (Å²) in [6.07, 6.45) is 4.86. The fourth-order valence-corrected chi connectivity index (χ4v) is 4.20. The number of imide groups is 2. The van der Waals surface area contributed by atoms with Gasteiger partial charge in [-0.05, 0) is 49.1 Å². The summed E-state index contributed by atoms with van der Waals surface area (Å²) in [5.74, 6) is -1.34. The Balaban J connectivity index is 1.24. The molecule has 1 unspecified atom stereocenters. The highest BCUT2D eigenvalue weighted by Gasteiger charge is 2.44. The zero-order valence-corrected chi connectivity index (χ0v) is 17.6. The van der Waals surface area contributed by atoms with Crippen LogP contribution in [0.15, 0.2) is 42.9 Å². The molecule has 2 aliphatic heterocycles. The fraction of sp³-hybridized carbons (Fsp3) is 0.261. The van der Waals surface area contributed by atoms with Crippen molar-refractivity contribution >= 4 is 40.5 Å². The maximum absolute atomic E-state index is 12.9. The van der Waals surface area contributed by atoms with E-state index in [4.69, 9.17) is 0 Å². The summed E-state index contributed by atoms with van der Waals surface area (Å²) in [7, 11) is 0. The number of piperidine rings is 1. The van der Waals surface area contributed by atoms with Crippen molar-refractivity contribution in [2.24, 2.45) is 0 Å². The molecule has 33 heavy (non-hydrogen) atoms. The van der Waals surface area contributed by atoms with Crippen LogP contribution in [0, 0.1) is 0 Å². The van der Waals surface area contributed by atoms with Crippen molar-refractivity contribution in [3.8, 4) is 0 Å². The summed E-state index contributed by atoms with van der Waals surface area (Å²) < 4.78 is 0. The van der Waals surface area contributed by atoms with Gasteiger partial charge in [0.15, 0.2) is 5.82 Å². The molecule has 0 aliphatic carbocycles. The Bertz CT molecular complexity index is 1300. The lowest BCUT2D eigenvalue weighted by molar-refractivity contribution is -0.136. The highest BCUT2D eigenvalue weighted by Crippen LogP contribution is 2.28. The van der Waals surface area contributed by atoms with Gasteiger partial charge in [-0.2, -0.15) is 0 Å². The van der Waals surface area contributed by atoms with E-state index in [9.17, 15) is 19.2 Å². The molecule has 1 saturated heterocycles. The lowest BCUT2D eigenvalue weighted by atomic mass is 10.0. The van der Waals surface area contributed by atoms with Gasteiger partial charge in [0.1, 0.15) is 17.9 Å². The third-order valence-electron chi connectivity index (χ3n) is 5.83. The van der Waals surface area contributed by atoms with E-state index in [0.29, 0.717) is 29.9 Å². The topological polar surface area (TPSA) is 134 Å². The van der Waals surface area contributed by atoms with E-state index in [2.05, 4.69) is 25.6 Å². The van der Waals surface area contributed by atoms with Crippen molar-refractivity contribution in [2.45, 2.75) is 31.7 Å². The standard InChI is InChI=1S/C23H20N6O4/c30-18-8-7-17(21(31)28-18)29-22(32)14-6-5-13(11-15(14)23(29)33)3-1-10-25-20-19-16(26-12-27-20)4-2-9-24-19/h2,4-6,9,11-12,17H,1,3,7-8,10H2,(H,25,26,27)(H,28,30,31). The largest absolute Gasteiger partial charge is 0.368 e. The molecule has 2 N–H and O–H groups in total. The number of aromatic nitrogens is 3. The Morgan fingerprint density at radius 1 is 1.03 bits per heavy atom. The van der Waals surface area contributed by atoms with Crippen LogP contribution in [0.3, 0.4) is 0 Å². The minimum atomic E-state index is -0.959. The first-order valence-electron chi connectivity index (χ1n) is 10.7. The zero-order chi connectivity index (χ0) is 22.9. The third kappa shape index (κ3) is 3.79. The molecule has 0 spiro atoms. The number of rotatable bonds is 6. The molecule has 0 bridgehead atoms. The molecule has 166 valence electrons.